The highest BCUT2D eigenvalue weighted by Crippen LogP contribution is 2.34. The number of nitrogens with zero attached hydrogens (tertiary/aromatic N) is 1. The van der Waals surface area contributed by atoms with Crippen molar-refractivity contribution in [1.29, 1.82) is 5.26 Å². The SMILES string of the molecule is CCOc1ccc(C#N)c(C(C)=O)c1C(F)F. The summed E-state index contributed by atoms with van der Waals surface area (Å²) in [4.78, 5) is 11.4. The van der Waals surface area contributed by atoms with Crippen LogP contribution in [0.5, 0.6) is 5.75 Å². The van der Waals surface area contributed by atoms with E-state index < -0.39 is 17.8 Å². The summed E-state index contributed by atoms with van der Waals surface area (Å²) in [6.45, 7) is 3.02. The second kappa shape index (κ2) is 5.39. The van der Waals surface area contributed by atoms with Crippen LogP contribution < -0.4 is 4.74 Å². The third-order valence-electron chi connectivity index (χ3n) is 2.20. The lowest BCUT2D eigenvalue weighted by molar-refractivity contribution is 0.0995. The summed E-state index contributed by atoms with van der Waals surface area (Å²) >= 11 is 0. The van der Waals surface area contributed by atoms with Crippen LogP contribution in [0.4, 0.5) is 8.78 Å². The summed E-state index contributed by atoms with van der Waals surface area (Å²) in [5, 5.41) is 8.81. The molecule has 90 valence electrons. The topological polar surface area (TPSA) is 50.1 Å². The average molecular weight is 239 g/mol. The predicted octanol–water partition coefficient (Wildman–Crippen LogP) is 3.10. The van der Waals surface area contributed by atoms with Crippen LogP contribution in [-0.2, 0) is 0 Å². The Bertz CT molecular complexity index is 478. The van der Waals surface area contributed by atoms with Crippen LogP contribution in [0.15, 0.2) is 12.1 Å². The zero-order valence-electron chi connectivity index (χ0n) is 9.46. The van der Waals surface area contributed by atoms with Gasteiger partial charge in [-0.25, -0.2) is 8.78 Å². The van der Waals surface area contributed by atoms with Crippen LogP contribution in [0.25, 0.3) is 0 Å². The molecule has 0 aliphatic rings. The van der Waals surface area contributed by atoms with E-state index in [-0.39, 0.29) is 23.5 Å². The van der Waals surface area contributed by atoms with Crippen molar-refractivity contribution in [3.8, 4) is 11.8 Å². The van der Waals surface area contributed by atoms with E-state index in [0.717, 1.165) is 6.92 Å². The van der Waals surface area contributed by atoms with Gasteiger partial charge >= 0.3 is 0 Å². The van der Waals surface area contributed by atoms with E-state index in [0.29, 0.717) is 0 Å². The van der Waals surface area contributed by atoms with Crippen molar-refractivity contribution in [1.82, 2.24) is 0 Å². The summed E-state index contributed by atoms with van der Waals surface area (Å²) in [5.41, 5.74) is -0.817. The van der Waals surface area contributed by atoms with Crippen molar-refractivity contribution in [2.24, 2.45) is 0 Å². The van der Waals surface area contributed by atoms with E-state index in [1.807, 2.05) is 0 Å². The molecule has 0 heterocycles. The van der Waals surface area contributed by atoms with Gasteiger partial charge in [-0.2, -0.15) is 5.26 Å². The highest BCUT2D eigenvalue weighted by atomic mass is 19.3. The number of carbonyl (C=O) groups excluding carboxylic acids is 1. The van der Waals surface area contributed by atoms with Crippen LogP contribution >= 0.6 is 0 Å². The van der Waals surface area contributed by atoms with Crippen molar-refractivity contribution < 1.29 is 18.3 Å². The third kappa shape index (κ3) is 2.59. The number of hydrogen-bond acceptors (Lipinski definition) is 3. The fourth-order valence-corrected chi connectivity index (χ4v) is 1.57. The highest BCUT2D eigenvalue weighted by Gasteiger charge is 2.24. The molecule has 17 heavy (non-hydrogen) atoms. The molecule has 0 amide bonds. The number of halogens is 2. The Balaban J connectivity index is 3.54. The van der Waals surface area contributed by atoms with Crippen molar-refractivity contribution in [2.75, 3.05) is 6.61 Å². The Morgan fingerprint density at radius 1 is 1.53 bits per heavy atom. The quantitative estimate of drug-likeness (QED) is 0.758. The number of carbonyl (C=O) groups is 1. The van der Waals surface area contributed by atoms with Crippen LogP contribution in [0.2, 0.25) is 0 Å². The lowest BCUT2D eigenvalue weighted by atomic mass is 9.98. The minimum Gasteiger partial charge on any atom is -0.493 e. The van der Waals surface area contributed by atoms with Crippen molar-refractivity contribution in [3.05, 3.63) is 28.8 Å². The van der Waals surface area contributed by atoms with Crippen molar-refractivity contribution >= 4 is 5.78 Å². The number of ether oxygens (including phenoxy) is 1. The van der Waals surface area contributed by atoms with Gasteiger partial charge in [-0.15, -0.1) is 0 Å². The molecule has 0 saturated carbocycles. The van der Waals surface area contributed by atoms with E-state index in [1.54, 1.807) is 13.0 Å². The summed E-state index contributed by atoms with van der Waals surface area (Å²) in [6.07, 6.45) is -2.86. The van der Waals surface area contributed by atoms with Gasteiger partial charge in [0.05, 0.1) is 23.8 Å². The maximum Gasteiger partial charge on any atom is 0.268 e. The van der Waals surface area contributed by atoms with E-state index in [2.05, 4.69) is 0 Å². The van der Waals surface area contributed by atoms with Gasteiger partial charge in [0.1, 0.15) is 5.75 Å². The molecule has 0 atom stereocenters. The maximum atomic E-state index is 12.9. The Labute approximate surface area is 97.6 Å². The minimum absolute atomic E-state index is 0.0494. The zero-order chi connectivity index (χ0) is 13.0. The average Bonchev–Trinajstić information content (AvgIpc) is 2.28. The molecule has 0 aliphatic heterocycles. The van der Waals surface area contributed by atoms with Crippen LogP contribution in [0.3, 0.4) is 0 Å². The molecule has 1 aromatic rings. The molecule has 0 spiro atoms. The van der Waals surface area contributed by atoms with Crippen LogP contribution in [-0.4, -0.2) is 12.4 Å². The number of ketones is 1. The molecule has 5 heteroatoms. The Kier molecular flexibility index (Phi) is 4.16. The summed E-state index contributed by atoms with van der Waals surface area (Å²) in [7, 11) is 0. The molecule has 0 bridgehead atoms. The largest absolute Gasteiger partial charge is 0.493 e. The molecule has 3 nitrogen and oxygen atoms in total. The van der Waals surface area contributed by atoms with Crippen LogP contribution in [0.1, 0.15) is 41.8 Å². The van der Waals surface area contributed by atoms with E-state index in [9.17, 15) is 13.6 Å². The highest BCUT2D eigenvalue weighted by molar-refractivity contribution is 5.98. The predicted molar refractivity (Wildman–Crippen MR) is 57.3 cm³/mol. The van der Waals surface area contributed by atoms with Gasteiger partial charge in [0.15, 0.2) is 5.78 Å². The maximum absolute atomic E-state index is 12.9. The monoisotopic (exact) mass is 239 g/mol. The molecule has 0 saturated heterocycles. The molecule has 0 unspecified atom stereocenters. The van der Waals surface area contributed by atoms with Gasteiger partial charge < -0.3 is 4.74 Å². The first-order valence-corrected chi connectivity index (χ1v) is 5.01. The standard InChI is InChI=1S/C12H11F2NO2/c1-3-17-9-5-4-8(6-15)10(7(2)16)11(9)12(13)14/h4-5,12H,3H2,1-2H3. The lowest BCUT2D eigenvalue weighted by Crippen LogP contribution is -2.07. The number of rotatable bonds is 4. The van der Waals surface area contributed by atoms with Gasteiger partial charge in [0, 0.05) is 5.56 Å². The third-order valence-corrected chi connectivity index (χ3v) is 2.20. The number of alkyl halides is 2. The fourth-order valence-electron chi connectivity index (χ4n) is 1.57. The second-order valence-corrected chi connectivity index (χ2v) is 3.30. The van der Waals surface area contributed by atoms with Crippen molar-refractivity contribution in [2.45, 2.75) is 20.3 Å². The molecule has 1 rings (SSSR count). The van der Waals surface area contributed by atoms with Crippen LogP contribution in [0, 0.1) is 11.3 Å². The molecule has 0 fully saturated rings. The number of hydrogen-bond donors (Lipinski definition) is 0. The van der Waals surface area contributed by atoms with Gasteiger partial charge in [0.25, 0.3) is 6.43 Å². The zero-order valence-corrected chi connectivity index (χ0v) is 9.46. The molecule has 0 radical (unpaired) electrons. The number of Topliss-reactive ketones (excluding diaryl/α,β-unsaturated/α-hetero) is 1. The van der Waals surface area contributed by atoms with Gasteiger partial charge in [-0.05, 0) is 26.0 Å². The molecule has 1 aromatic carbocycles. The molecule has 0 aromatic heterocycles. The first-order valence-electron chi connectivity index (χ1n) is 5.01. The normalized spacial score (nSPS) is 10.1. The molecular formula is C12H11F2NO2. The first-order chi connectivity index (χ1) is 8.02. The summed E-state index contributed by atoms with van der Waals surface area (Å²) < 4.78 is 30.9. The molecular weight excluding hydrogens is 228 g/mol. The van der Waals surface area contributed by atoms with Crippen molar-refractivity contribution in [3.63, 3.8) is 0 Å². The van der Waals surface area contributed by atoms with Gasteiger partial charge in [-0.3, -0.25) is 4.79 Å². The summed E-state index contributed by atoms with van der Waals surface area (Å²) in [5.74, 6) is -0.620. The molecule has 0 N–H and O–H groups in total. The van der Waals surface area contributed by atoms with E-state index in [4.69, 9.17) is 10.00 Å². The molecule has 0 aliphatic carbocycles. The van der Waals surface area contributed by atoms with Gasteiger partial charge in [0.2, 0.25) is 0 Å². The fraction of sp³-hybridized carbons (Fsp3) is 0.333. The minimum atomic E-state index is -2.86. The Morgan fingerprint density at radius 3 is 2.59 bits per heavy atom. The van der Waals surface area contributed by atoms with Gasteiger partial charge in [-0.1, -0.05) is 0 Å². The van der Waals surface area contributed by atoms with E-state index >= 15 is 0 Å². The van der Waals surface area contributed by atoms with E-state index in [1.165, 1.54) is 12.1 Å². The Hall–Kier alpha value is -1.96. The number of nitriles is 1. The summed E-state index contributed by atoms with van der Waals surface area (Å²) in [6, 6.07) is 4.33. The smallest absolute Gasteiger partial charge is 0.268 e. The number of benzene rings is 1. The second-order valence-electron chi connectivity index (χ2n) is 3.30. The first kappa shape index (κ1) is 13.1. The lowest BCUT2D eigenvalue weighted by Gasteiger charge is -2.13. The Morgan fingerprint density at radius 2 is 2.18 bits per heavy atom.